The van der Waals surface area contributed by atoms with E-state index in [1.54, 1.807) is 0 Å². The Labute approximate surface area is 141 Å². The maximum absolute atomic E-state index is 2.46. The summed E-state index contributed by atoms with van der Waals surface area (Å²) in [6.07, 6.45) is 8.88. The summed E-state index contributed by atoms with van der Waals surface area (Å²) in [5, 5.41) is 0. The van der Waals surface area contributed by atoms with Crippen LogP contribution in [0.25, 0.3) is 12.2 Å². The maximum atomic E-state index is 2.46. The first-order valence-electron chi connectivity index (χ1n) is 8.24. The Morgan fingerprint density at radius 3 is 1.43 bits per heavy atom. The van der Waals surface area contributed by atoms with Crippen molar-refractivity contribution in [3.8, 4) is 0 Å². The summed E-state index contributed by atoms with van der Waals surface area (Å²) in [7, 11) is 0. The topological polar surface area (TPSA) is 3.24 Å². The van der Waals surface area contributed by atoms with Gasteiger partial charge < -0.3 is 0 Å². The van der Waals surface area contributed by atoms with E-state index in [0.29, 0.717) is 0 Å². The Kier molecular flexibility index (Phi) is 6.37. The first-order chi connectivity index (χ1) is 11.1. The van der Waals surface area contributed by atoms with Crippen molar-refractivity contribution < 1.29 is 0 Å². The largest absolute Gasteiger partial charge is 0.291 e. The van der Waals surface area contributed by atoms with Gasteiger partial charge >= 0.3 is 0 Å². The minimum Gasteiger partial charge on any atom is -0.291 e. The standard InChI is InChI=1S/C22H27N/c1-22(2,3)23(18-10-16-20-12-6-4-7-13-20)19-11-17-21-14-8-5-9-15-21/h4-17H,18-19H2,1-3H3/b16-10+,17-11+. The first-order valence-corrected chi connectivity index (χ1v) is 8.24. The van der Waals surface area contributed by atoms with Crippen molar-refractivity contribution in [3.05, 3.63) is 83.9 Å². The molecule has 0 aromatic heterocycles. The van der Waals surface area contributed by atoms with Crippen molar-refractivity contribution in [2.24, 2.45) is 0 Å². The van der Waals surface area contributed by atoms with Gasteiger partial charge in [0.05, 0.1) is 0 Å². The summed E-state index contributed by atoms with van der Waals surface area (Å²) in [6, 6.07) is 20.9. The lowest BCUT2D eigenvalue weighted by Gasteiger charge is -2.34. The Morgan fingerprint density at radius 2 is 1.09 bits per heavy atom. The summed E-state index contributed by atoms with van der Waals surface area (Å²) in [5.41, 5.74) is 2.64. The average Bonchev–Trinajstić information content (AvgIpc) is 2.54. The van der Waals surface area contributed by atoms with Crippen molar-refractivity contribution in [1.82, 2.24) is 4.90 Å². The lowest BCUT2D eigenvalue weighted by Crippen LogP contribution is -2.41. The van der Waals surface area contributed by atoms with Gasteiger partial charge in [0.15, 0.2) is 0 Å². The molecule has 2 rings (SSSR count). The van der Waals surface area contributed by atoms with E-state index in [2.05, 4.69) is 98.5 Å². The number of benzene rings is 2. The molecular weight excluding hydrogens is 278 g/mol. The average molecular weight is 305 g/mol. The highest BCUT2D eigenvalue weighted by atomic mass is 15.2. The van der Waals surface area contributed by atoms with Crippen LogP contribution in [0.15, 0.2) is 72.8 Å². The molecule has 2 aromatic rings. The fraction of sp³-hybridized carbons (Fsp3) is 0.273. The molecule has 0 spiro atoms. The van der Waals surface area contributed by atoms with E-state index in [0.717, 1.165) is 13.1 Å². The summed E-state index contributed by atoms with van der Waals surface area (Å²) in [6.45, 7) is 8.67. The minimum atomic E-state index is 0.141. The Morgan fingerprint density at radius 1 is 0.696 bits per heavy atom. The number of nitrogens with zero attached hydrogens (tertiary/aromatic N) is 1. The highest BCUT2D eigenvalue weighted by molar-refractivity contribution is 5.49. The van der Waals surface area contributed by atoms with Gasteiger partial charge in [-0.2, -0.15) is 0 Å². The molecule has 0 atom stereocenters. The molecule has 1 nitrogen and oxygen atoms in total. The zero-order valence-corrected chi connectivity index (χ0v) is 14.4. The Hall–Kier alpha value is -2.12. The van der Waals surface area contributed by atoms with Crippen LogP contribution in [0.1, 0.15) is 31.9 Å². The predicted molar refractivity (Wildman–Crippen MR) is 102 cm³/mol. The molecule has 1 heteroatoms. The fourth-order valence-corrected chi connectivity index (χ4v) is 2.38. The molecule has 0 radical (unpaired) electrons. The van der Waals surface area contributed by atoms with E-state index < -0.39 is 0 Å². The van der Waals surface area contributed by atoms with Crippen LogP contribution in [0.2, 0.25) is 0 Å². The van der Waals surface area contributed by atoms with Gasteiger partial charge in [0, 0.05) is 18.6 Å². The molecule has 0 unspecified atom stereocenters. The monoisotopic (exact) mass is 305 g/mol. The zero-order chi connectivity index (χ0) is 16.5. The van der Waals surface area contributed by atoms with Crippen LogP contribution < -0.4 is 0 Å². The van der Waals surface area contributed by atoms with E-state index in [-0.39, 0.29) is 5.54 Å². The van der Waals surface area contributed by atoms with Gasteiger partial charge in [0.2, 0.25) is 0 Å². The highest BCUT2D eigenvalue weighted by Gasteiger charge is 2.18. The van der Waals surface area contributed by atoms with Crippen LogP contribution in [0.4, 0.5) is 0 Å². The van der Waals surface area contributed by atoms with Crippen LogP contribution >= 0.6 is 0 Å². The lowest BCUT2D eigenvalue weighted by molar-refractivity contribution is 0.173. The van der Waals surface area contributed by atoms with Crippen LogP contribution in [0.3, 0.4) is 0 Å². The Bertz CT molecular complexity index is 567. The molecule has 0 saturated carbocycles. The summed E-state index contributed by atoms with van der Waals surface area (Å²) in [5.74, 6) is 0. The third-order valence-corrected chi connectivity index (χ3v) is 3.82. The molecule has 2 aromatic carbocycles. The van der Waals surface area contributed by atoms with Gasteiger partial charge in [-0.3, -0.25) is 4.90 Å². The van der Waals surface area contributed by atoms with Gasteiger partial charge in [-0.1, -0.05) is 85.0 Å². The van der Waals surface area contributed by atoms with Crippen LogP contribution in [-0.4, -0.2) is 23.5 Å². The SMILES string of the molecule is CC(C)(C)N(C/C=C/c1ccccc1)C/C=C/c1ccccc1. The lowest BCUT2D eigenvalue weighted by atomic mass is 10.1. The van der Waals surface area contributed by atoms with Crippen molar-refractivity contribution in [1.29, 1.82) is 0 Å². The third kappa shape index (κ3) is 6.25. The number of hydrogen-bond donors (Lipinski definition) is 0. The third-order valence-electron chi connectivity index (χ3n) is 3.82. The van der Waals surface area contributed by atoms with Gasteiger partial charge in [-0.25, -0.2) is 0 Å². The molecular formula is C22H27N. The molecule has 0 aliphatic rings. The second-order valence-corrected chi connectivity index (χ2v) is 6.70. The van der Waals surface area contributed by atoms with Gasteiger partial charge in [0.1, 0.15) is 0 Å². The maximum Gasteiger partial charge on any atom is 0.0174 e. The van der Waals surface area contributed by atoms with Gasteiger partial charge in [0.25, 0.3) is 0 Å². The predicted octanol–water partition coefficient (Wildman–Crippen LogP) is 5.51. The van der Waals surface area contributed by atoms with Gasteiger partial charge in [-0.15, -0.1) is 0 Å². The summed E-state index contributed by atoms with van der Waals surface area (Å²) >= 11 is 0. The second-order valence-electron chi connectivity index (χ2n) is 6.70. The van der Waals surface area contributed by atoms with Crippen molar-refractivity contribution in [3.63, 3.8) is 0 Å². The first kappa shape index (κ1) is 17.2. The normalized spacial score (nSPS) is 12.5. The van der Waals surface area contributed by atoms with Crippen molar-refractivity contribution in [2.75, 3.05) is 13.1 Å². The van der Waals surface area contributed by atoms with Crippen molar-refractivity contribution >= 4 is 12.2 Å². The molecule has 0 saturated heterocycles. The van der Waals surface area contributed by atoms with E-state index in [9.17, 15) is 0 Å². The summed E-state index contributed by atoms with van der Waals surface area (Å²) in [4.78, 5) is 2.46. The minimum absolute atomic E-state index is 0.141. The van der Waals surface area contributed by atoms with Gasteiger partial charge in [-0.05, 0) is 31.9 Å². The van der Waals surface area contributed by atoms with E-state index >= 15 is 0 Å². The van der Waals surface area contributed by atoms with Crippen LogP contribution in [0, 0.1) is 0 Å². The molecule has 0 aliphatic heterocycles. The molecule has 0 N–H and O–H groups in total. The molecule has 0 bridgehead atoms. The van der Waals surface area contributed by atoms with Crippen molar-refractivity contribution in [2.45, 2.75) is 26.3 Å². The molecule has 0 heterocycles. The fourth-order valence-electron chi connectivity index (χ4n) is 2.38. The quantitative estimate of drug-likeness (QED) is 0.680. The number of rotatable bonds is 6. The molecule has 0 amide bonds. The van der Waals surface area contributed by atoms with E-state index in [4.69, 9.17) is 0 Å². The van der Waals surface area contributed by atoms with E-state index in [1.165, 1.54) is 11.1 Å². The molecule has 23 heavy (non-hydrogen) atoms. The Balaban J connectivity index is 1.95. The van der Waals surface area contributed by atoms with E-state index in [1.807, 2.05) is 12.1 Å². The van der Waals surface area contributed by atoms with Crippen LogP contribution in [-0.2, 0) is 0 Å². The molecule has 120 valence electrons. The second kappa shape index (κ2) is 8.50. The number of hydrogen-bond acceptors (Lipinski definition) is 1. The summed E-state index contributed by atoms with van der Waals surface area (Å²) < 4.78 is 0. The van der Waals surface area contributed by atoms with Crippen LogP contribution in [0.5, 0.6) is 0 Å². The zero-order valence-electron chi connectivity index (χ0n) is 14.4. The molecule has 0 aliphatic carbocycles. The highest BCUT2D eigenvalue weighted by Crippen LogP contribution is 2.14. The smallest absolute Gasteiger partial charge is 0.0174 e. The molecule has 0 fully saturated rings.